The van der Waals surface area contributed by atoms with Gasteiger partial charge in [-0.3, -0.25) is 4.79 Å². The molecule has 134 valence electrons. The Bertz CT molecular complexity index is 760. The molecule has 1 aliphatic heterocycles. The number of aromatic nitrogens is 1. The summed E-state index contributed by atoms with van der Waals surface area (Å²) in [4.78, 5) is 17.7. The van der Waals surface area contributed by atoms with Crippen LogP contribution in [0.2, 0.25) is 0 Å². The summed E-state index contributed by atoms with van der Waals surface area (Å²) in [6.45, 7) is 2.02. The molecule has 0 radical (unpaired) electrons. The van der Waals surface area contributed by atoms with Crippen LogP contribution in [0.5, 0.6) is 0 Å². The summed E-state index contributed by atoms with van der Waals surface area (Å²) in [6, 6.07) is 6.75. The lowest BCUT2D eigenvalue weighted by Gasteiger charge is -2.22. The fourth-order valence-corrected chi connectivity index (χ4v) is 4.50. The maximum atomic E-state index is 13.7. The molecule has 4 nitrogen and oxygen atoms in total. The van der Waals surface area contributed by atoms with E-state index in [1.165, 1.54) is 17.4 Å². The number of nitrogens with zero attached hydrogens (tertiary/aromatic N) is 1. The van der Waals surface area contributed by atoms with Gasteiger partial charge < -0.3 is 10.6 Å². The molecule has 1 amide bonds. The summed E-state index contributed by atoms with van der Waals surface area (Å²) in [5.74, 6) is 0.00419. The highest BCUT2D eigenvalue weighted by Gasteiger charge is 2.57. The van der Waals surface area contributed by atoms with Crippen molar-refractivity contribution in [3.8, 4) is 0 Å². The van der Waals surface area contributed by atoms with Gasteiger partial charge in [-0.1, -0.05) is 18.2 Å². The van der Waals surface area contributed by atoms with Gasteiger partial charge in [0.1, 0.15) is 5.82 Å². The van der Waals surface area contributed by atoms with Gasteiger partial charge in [0, 0.05) is 23.4 Å². The van der Waals surface area contributed by atoms with Crippen LogP contribution in [0.25, 0.3) is 0 Å². The molecule has 0 bridgehead atoms. The van der Waals surface area contributed by atoms with E-state index in [0.717, 1.165) is 37.2 Å². The van der Waals surface area contributed by atoms with Gasteiger partial charge in [-0.2, -0.15) is 0 Å². The van der Waals surface area contributed by atoms with Crippen molar-refractivity contribution in [2.75, 3.05) is 18.4 Å². The van der Waals surface area contributed by atoms with Crippen LogP contribution in [-0.4, -0.2) is 24.0 Å². The molecule has 1 saturated heterocycles. The zero-order chi connectivity index (χ0) is 16.6. The van der Waals surface area contributed by atoms with Gasteiger partial charge in [0.2, 0.25) is 5.91 Å². The maximum absolute atomic E-state index is 13.7. The van der Waals surface area contributed by atoms with E-state index >= 15 is 0 Å². The number of nitrogens with one attached hydrogen (secondary N) is 2. The number of benzene rings is 1. The molecule has 1 spiro atoms. The number of halogens is 2. The van der Waals surface area contributed by atoms with Crippen LogP contribution in [0, 0.1) is 17.2 Å². The summed E-state index contributed by atoms with van der Waals surface area (Å²) in [7, 11) is 0. The second-order valence-electron chi connectivity index (χ2n) is 6.76. The lowest BCUT2D eigenvalue weighted by molar-refractivity contribution is -0.118. The molecule has 1 saturated carbocycles. The minimum absolute atomic E-state index is 0. The number of carbonyl (C=O) groups excluding carboxylic acids is 1. The third-order valence-corrected chi connectivity index (χ3v) is 6.12. The molecule has 2 fully saturated rings. The summed E-state index contributed by atoms with van der Waals surface area (Å²) < 4.78 is 13.7. The Labute approximate surface area is 156 Å². The molecule has 2 heterocycles. The number of anilines is 1. The van der Waals surface area contributed by atoms with E-state index in [2.05, 4.69) is 15.6 Å². The van der Waals surface area contributed by atoms with E-state index in [1.54, 1.807) is 18.3 Å². The van der Waals surface area contributed by atoms with Crippen LogP contribution >= 0.6 is 23.7 Å². The van der Waals surface area contributed by atoms with Crippen molar-refractivity contribution in [2.45, 2.75) is 25.7 Å². The quantitative estimate of drug-likeness (QED) is 0.850. The molecule has 1 aromatic heterocycles. The first-order valence-electron chi connectivity index (χ1n) is 8.36. The van der Waals surface area contributed by atoms with Crippen molar-refractivity contribution in [3.63, 3.8) is 0 Å². The van der Waals surface area contributed by atoms with Crippen molar-refractivity contribution >= 4 is 34.8 Å². The van der Waals surface area contributed by atoms with Gasteiger partial charge in [-0.05, 0) is 49.4 Å². The van der Waals surface area contributed by atoms with Gasteiger partial charge in [-0.15, -0.1) is 23.7 Å². The molecule has 1 aliphatic carbocycles. The van der Waals surface area contributed by atoms with E-state index in [0.29, 0.717) is 17.1 Å². The minimum Gasteiger partial charge on any atom is -0.317 e. The zero-order valence-corrected chi connectivity index (χ0v) is 15.4. The van der Waals surface area contributed by atoms with Crippen molar-refractivity contribution in [1.29, 1.82) is 0 Å². The average molecular weight is 382 g/mol. The van der Waals surface area contributed by atoms with Gasteiger partial charge in [0.05, 0.1) is 0 Å². The Morgan fingerprint density at radius 3 is 2.88 bits per heavy atom. The molecule has 1 aromatic carbocycles. The number of carbonyl (C=O) groups is 1. The Balaban J connectivity index is 0.00000182. The van der Waals surface area contributed by atoms with E-state index in [4.69, 9.17) is 0 Å². The number of amides is 1. The van der Waals surface area contributed by atoms with Crippen LogP contribution in [0.1, 0.15) is 29.7 Å². The number of rotatable bonds is 4. The lowest BCUT2D eigenvalue weighted by atomic mass is 9.92. The van der Waals surface area contributed by atoms with Crippen LogP contribution < -0.4 is 10.6 Å². The number of piperidine rings is 1. The van der Waals surface area contributed by atoms with E-state index in [1.807, 2.05) is 6.07 Å². The number of hydrogen-bond donors (Lipinski definition) is 2. The second-order valence-corrected chi connectivity index (χ2v) is 7.87. The predicted molar refractivity (Wildman–Crippen MR) is 99.8 cm³/mol. The zero-order valence-electron chi connectivity index (χ0n) is 13.8. The summed E-state index contributed by atoms with van der Waals surface area (Å²) in [6.07, 6.45) is 5.39. The smallest absolute Gasteiger partial charge is 0.229 e. The monoisotopic (exact) mass is 381 g/mol. The molecule has 1 atom stereocenters. The highest BCUT2D eigenvalue weighted by molar-refractivity contribution is 7.15. The van der Waals surface area contributed by atoms with Gasteiger partial charge >= 0.3 is 0 Å². The van der Waals surface area contributed by atoms with Crippen LogP contribution in [-0.2, 0) is 11.2 Å². The standard InChI is InChI=1S/C18H20FN3OS.ClH/c19-15-4-2-1-3-12(15)9-13-11-21-17(24-13)22-16(23)14-10-18(14)5-7-20-8-6-18;/h1-4,11,14,20H,5-10H2,(H,21,22,23);1H. The topological polar surface area (TPSA) is 54.0 Å². The molecule has 2 aromatic rings. The van der Waals surface area contributed by atoms with Crippen molar-refractivity contribution in [2.24, 2.45) is 11.3 Å². The van der Waals surface area contributed by atoms with Gasteiger partial charge in [0.15, 0.2) is 5.13 Å². The van der Waals surface area contributed by atoms with Gasteiger partial charge in [-0.25, -0.2) is 9.37 Å². The summed E-state index contributed by atoms with van der Waals surface area (Å²) >= 11 is 1.42. The molecule has 4 rings (SSSR count). The molecular formula is C18H21ClFN3OS. The largest absolute Gasteiger partial charge is 0.317 e. The Kier molecular flexibility index (Phi) is 5.41. The van der Waals surface area contributed by atoms with Crippen molar-refractivity contribution < 1.29 is 9.18 Å². The molecule has 25 heavy (non-hydrogen) atoms. The average Bonchev–Trinajstić information content (AvgIpc) is 3.09. The fourth-order valence-electron chi connectivity index (χ4n) is 3.66. The van der Waals surface area contributed by atoms with E-state index in [9.17, 15) is 9.18 Å². The molecule has 1 unspecified atom stereocenters. The maximum Gasteiger partial charge on any atom is 0.229 e. The first-order valence-corrected chi connectivity index (χ1v) is 9.18. The Morgan fingerprint density at radius 2 is 2.12 bits per heavy atom. The molecule has 7 heteroatoms. The SMILES string of the molecule is Cl.O=C(Nc1ncc(Cc2ccccc2F)s1)C1CC12CCNCC2. The molecular weight excluding hydrogens is 361 g/mol. The lowest BCUT2D eigenvalue weighted by Crippen LogP contribution is -2.31. The third kappa shape index (κ3) is 3.86. The van der Waals surface area contributed by atoms with Crippen molar-refractivity contribution in [3.05, 3.63) is 46.7 Å². The Morgan fingerprint density at radius 1 is 1.36 bits per heavy atom. The highest BCUT2D eigenvalue weighted by atomic mass is 35.5. The summed E-state index contributed by atoms with van der Waals surface area (Å²) in [5, 5.41) is 6.91. The Hall–Kier alpha value is -1.50. The first kappa shape index (κ1) is 18.3. The highest BCUT2D eigenvalue weighted by Crippen LogP contribution is 2.58. The number of thiazole rings is 1. The second kappa shape index (κ2) is 7.40. The van der Waals surface area contributed by atoms with Gasteiger partial charge in [0.25, 0.3) is 0 Å². The number of hydrogen-bond acceptors (Lipinski definition) is 4. The third-order valence-electron chi connectivity index (χ3n) is 5.21. The minimum atomic E-state index is -0.206. The normalized spacial score (nSPS) is 20.8. The van der Waals surface area contributed by atoms with E-state index in [-0.39, 0.29) is 35.5 Å². The van der Waals surface area contributed by atoms with Crippen LogP contribution in [0.3, 0.4) is 0 Å². The van der Waals surface area contributed by atoms with Crippen LogP contribution in [0.15, 0.2) is 30.5 Å². The molecule has 2 N–H and O–H groups in total. The van der Waals surface area contributed by atoms with Crippen molar-refractivity contribution in [1.82, 2.24) is 10.3 Å². The predicted octanol–water partition coefficient (Wildman–Crippen LogP) is 3.62. The fraction of sp³-hybridized carbons (Fsp3) is 0.444. The van der Waals surface area contributed by atoms with E-state index < -0.39 is 0 Å². The molecule has 2 aliphatic rings. The summed E-state index contributed by atoms with van der Waals surface area (Å²) in [5.41, 5.74) is 0.873. The van der Waals surface area contributed by atoms with Crippen LogP contribution in [0.4, 0.5) is 9.52 Å². The first-order chi connectivity index (χ1) is 11.7.